The molecule has 0 aromatic heterocycles. The minimum Gasteiger partial charge on any atom is -0.328 e. The maximum Gasteiger partial charge on any atom is 2.00 e. The third kappa shape index (κ3) is 67.4. The summed E-state index contributed by atoms with van der Waals surface area (Å²) in [6.07, 6.45) is 0. The van der Waals surface area contributed by atoms with Gasteiger partial charge < -0.3 is 5.21 Å². The largest absolute Gasteiger partial charge is 2.00 e. The fourth-order valence-corrected chi connectivity index (χ4v) is 0. The maximum absolute atomic E-state index is 8.36. The van der Waals surface area contributed by atoms with Crippen LogP contribution in [-0.2, 0) is 0 Å². The Morgan fingerprint density at radius 1 is 1.80 bits per heavy atom. The smallest absolute Gasteiger partial charge is 0.328 e. The van der Waals surface area contributed by atoms with Crippen LogP contribution in [-0.4, -0.2) is 10.3 Å². The number of rotatable bonds is 0. The molecule has 0 aliphatic rings. The molecular weight excluding hydrogens is 235 g/mol. The molecule has 0 bridgehead atoms. The van der Waals surface area contributed by atoms with Crippen LogP contribution in [0.3, 0.4) is 0 Å². The van der Waals surface area contributed by atoms with Crippen molar-refractivity contribution in [2.75, 3.05) is 0 Å². The topological polar surface area (TPSA) is 63.4 Å². The van der Waals surface area contributed by atoms with E-state index < -0.39 is 5.09 Å². The van der Waals surface area contributed by atoms with Crippen LogP contribution in [0, 0.1) is 57.0 Å². The van der Waals surface area contributed by atoms with Gasteiger partial charge >= 0.3 is 46.9 Å². The minimum absolute atomic E-state index is 0. The number of hydrogen-bond donors (Lipinski definition) is 1. The zero-order chi connectivity index (χ0) is 3.58. The van der Waals surface area contributed by atoms with Crippen molar-refractivity contribution in [3.8, 4) is 0 Å². The van der Waals surface area contributed by atoms with E-state index in [0.717, 1.165) is 0 Å². The fraction of sp³-hybridized carbons (Fsp3) is 0. The average molecular weight is 236 g/mol. The van der Waals surface area contributed by atoms with Crippen LogP contribution in [0.15, 0.2) is 0 Å². The third-order valence-electron chi connectivity index (χ3n) is 0. The first-order chi connectivity index (χ1) is 1.73. The van der Waals surface area contributed by atoms with Crippen molar-refractivity contribution in [1.29, 1.82) is 0 Å². The molecule has 0 atom stereocenters. The van der Waals surface area contributed by atoms with Gasteiger partial charge in [-0.3, -0.25) is 0 Å². The number of hydrogen-bond acceptors (Lipinski definition) is 2. The zero-order valence-electron chi connectivity index (χ0n) is 1.98. The molecule has 1 N–H and O–H groups in total. The van der Waals surface area contributed by atoms with Gasteiger partial charge in [-0.1, -0.05) is 0 Å². The molecule has 0 aromatic rings. The molecule has 0 fully saturated rings. The Hall–Kier alpha value is 0.719. The predicted molar refractivity (Wildman–Crippen MR) is 8.78 cm³/mol. The van der Waals surface area contributed by atoms with Gasteiger partial charge in [0, 0.05) is 0 Å². The summed E-state index contributed by atoms with van der Waals surface area (Å²) in [4.78, 5) is 8.36. The first kappa shape index (κ1) is 9.21. The summed E-state index contributed by atoms with van der Waals surface area (Å²) < 4.78 is 0. The normalized spacial score (nSPS) is 4.80. The van der Waals surface area contributed by atoms with E-state index in [0.29, 0.717) is 0 Å². The Labute approximate surface area is 66.5 Å². The van der Waals surface area contributed by atoms with E-state index in [9.17, 15) is 0 Å². The Morgan fingerprint density at radius 3 is 1.80 bits per heavy atom. The molecule has 36 valence electrons. The van der Waals surface area contributed by atoms with Gasteiger partial charge in [0.2, 0.25) is 0 Å². The number of nitrogens with zero attached hydrogens (tertiary/aromatic N) is 1. The molecule has 0 aliphatic carbocycles. The van der Waals surface area contributed by atoms with Crippen LogP contribution in [0.5, 0.6) is 0 Å². The van der Waals surface area contributed by atoms with E-state index in [1.165, 1.54) is 0 Å². The van der Waals surface area contributed by atoms with Gasteiger partial charge in [-0.25, -0.2) is 0 Å². The van der Waals surface area contributed by atoms with Crippen molar-refractivity contribution in [2.24, 2.45) is 0 Å². The molecule has 0 spiro atoms. The zero-order valence-corrected chi connectivity index (χ0v) is 3.69. The molecule has 0 aromatic carbocycles. The minimum atomic E-state index is -1.50. The van der Waals surface area contributed by atoms with Gasteiger partial charge in [0.25, 0.3) is 5.09 Å². The maximum atomic E-state index is 8.36. The summed E-state index contributed by atoms with van der Waals surface area (Å²) >= 11 is 0. The van der Waals surface area contributed by atoms with Crippen LogP contribution in [0.1, 0.15) is 0 Å². The summed E-state index contributed by atoms with van der Waals surface area (Å²) in [5.41, 5.74) is 0. The monoisotopic (exact) mass is 237 g/mol. The molecule has 0 rings (SSSR count). The summed E-state index contributed by atoms with van der Waals surface area (Å²) in [5.74, 6) is 0. The predicted octanol–water partition coefficient (Wildman–Crippen LogP) is -0.348. The quantitative estimate of drug-likeness (QED) is 0.462. The molecule has 0 radical (unpaired) electrons. The molecule has 0 aliphatic heterocycles. The van der Waals surface area contributed by atoms with Crippen LogP contribution in [0.25, 0.3) is 0 Å². The van der Waals surface area contributed by atoms with E-state index in [1.807, 2.05) is 0 Å². The van der Waals surface area contributed by atoms with Crippen molar-refractivity contribution < 1.29 is 57.2 Å². The van der Waals surface area contributed by atoms with Gasteiger partial charge in [-0.05, 0) is 0 Å². The third-order valence-corrected chi connectivity index (χ3v) is 0. The van der Waals surface area contributed by atoms with E-state index >= 15 is 0 Å². The van der Waals surface area contributed by atoms with E-state index in [2.05, 4.69) is 0 Å². The van der Waals surface area contributed by atoms with E-state index in [1.54, 1.807) is 0 Å². The van der Waals surface area contributed by atoms with Crippen LogP contribution in [0.2, 0.25) is 0 Å². The molecule has 4 nitrogen and oxygen atoms in total. The van der Waals surface area contributed by atoms with E-state index in [-0.39, 0.29) is 46.9 Å². The summed E-state index contributed by atoms with van der Waals surface area (Å²) in [6.45, 7) is 0. The van der Waals surface area contributed by atoms with Gasteiger partial charge in [-0.15, -0.1) is 10.1 Å². The molecule has 0 saturated carbocycles. The van der Waals surface area contributed by atoms with Gasteiger partial charge in [0.15, 0.2) is 0 Å². The van der Waals surface area contributed by atoms with Crippen molar-refractivity contribution in [1.82, 2.24) is 0 Å². The van der Waals surface area contributed by atoms with Crippen molar-refractivity contribution in [3.05, 3.63) is 10.1 Å². The summed E-state index contributed by atoms with van der Waals surface area (Å²) in [6, 6.07) is 0. The second-order valence-corrected chi connectivity index (χ2v) is 0.238. The van der Waals surface area contributed by atoms with Gasteiger partial charge in [-0.2, -0.15) is 0 Å². The van der Waals surface area contributed by atoms with Crippen LogP contribution >= 0.6 is 0 Å². The van der Waals surface area contributed by atoms with Crippen molar-refractivity contribution >= 4 is 0 Å². The first-order valence-corrected chi connectivity index (χ1v) is 0.565. The van der Waals surface area contributed by atoms with Gasteiger partial charge in [0.1, 0.15) is 0 Å². The summed E-state index contributed by atoms with van der Waals surface area (Å²) in [7, 11) is 0. The fourth-order valence-electron chi connectivity index (χ4n) is 0. The Bertz CT molecular complexity index is 29.9. The second-order valence-electron chi connectivity index (χ2n) is 0.238. The van der Waals surface area contributed by atoms with Gasteiger partial charge in [0.05, 0.1) is 0 Å². The van der Waals surface area contributed by atoms with Crippen LogP contribution in [0.4, 0.5) is 0 Å². The first-order valence-electron chi connectivity index (χ1n) is 0.565. The average Bonchev–Trinajstić information content (AvgIpc) is 0.811. The molecule has 0 heterocycles. The molecule has 0 unspecified atom stereocenters. The molecule has 0 amide bonds. The standard InChI is InChI=1S/HNO3.Yb/c2-1(3)4;/h(H,2,3,4);/q;+2. The molecular formula is HNO3Yb+2. The van der Waals surface area contributed by atoms with Crippen molar-refractivity contribution in [3.63, 3.8) is 0 Å². The molecule has 5 heavy (non-hydrogen) atoms. The van der Waals surface area contributed by atoms with E-state index in [4.69, 9.17) is 15.3 Å². The summed E-state index contributed by atoms with van der Waals surface area (Å²) in [5, 5.41) is 13.6. The molecule has 5 heteroatoms. The van der Waals surface area contributed by atoms with Crippen LogP contribution < -0.4 is 0 Å². The van der Waals surface area contributed by atoms with Crippen molar-refractivity contribution in [2.45, 2.75) is 0 Å². The Balaban J connectivity index is 0. The Morgan fingerprint density at radius 2 is 1.80 bits per heavy atom. The second kappa shape index (κ2) is 4.72. The SMILES string of the molecule is O=[N+]([O-])O.[Yb+2]. The Kier molecular flexibility index (Phi) is 8.69. The molecule has 0 saturated heterocycles.